The number of rotatable bonds is 3. The van der Waals surface area contributed by atoms with Crippen molar-refractivity contribution >= 4 is 11.7 Å². The van der Waals surface area contributed by atoms with Gasteiger partial charge in [0.25, 0.3) is 0 Å². The fourth-order valence-electron chi connectivity index (χ4n) is 2.03. The highest BCUT2D eigenvalue weighted by Crippen LogP contribution is 2.33. The second-order valence-corrected chi connectivity index (χ2v) is 4.90. The van der Waals surface area contributed by atoms with Crippen molar-refractivity contribution in [3.05, 3.63) is 65.5 Å². The summed E-state index contributed by atoms with van der Waals surface area (Å²) in [5.41, 5.74) is -1.14. The maximum absolute atomic E-state index is 13.8. The second-order valence-electron chi connectivity index (χ2n) is 4.90. The number of benzene rings is 2. The zero-order valence-electron chi connectivity index (χ0n) is 12.1. The quantitative estimate of drug-likeness (QED) is 0.787. The third-order valence-electron chi connectivity index (χ3n) is 3.20. The molecular weight excluding hydrogens is 312 g/mol. The van der Waals surface area contributed by atoms with Gasteiger partial charge < -0.3 is 10.6 Å². The van der Waals surface area contributed by atoms with Crippen LogP contribution in [0.4, 0.5) is 28.0 Å². The molecule has 0 heterocycles. The summed E-state index contributed by atoms with van der Waals surface area (Å²) in [6, 6.07) is 10.5. The summed E-state index contributed by atoms with van der Waals surface area (Å²) >= 11 is 0. The number of carbonyl (C=O) groups is 1. The van der Waals surface area contributed by atoms with Gasteiger partial charge >= 0.3 is 12.2 Å². The molecule has 3 nitrogen and oxygen atoms in total. The number of carbonyl (C=O) groups excluding carboxylic acids is 1. The Labute approximate surface area is 130 Å². The average Bonchev–Trinajstić information content (AvgIpc) is 2.49. The van der Waals surface area contributed by atoms with Crippen molar-refractivity contribution in [1.29, 1.82) is 0 Å². The minimum absolute atomic E-state index is 0.384. The molecule has 1 atom stereocenters. The maximum Gasteiger partial charge on any atom is 0.419 e. The van der Waals surface area contributed by atoms with Crippen molar-refractivity contribution in [2.24, 2.45) is 0 Å². The van der Waals surface area contributed by atoms with Gasteiger partial charge in [-0.05, 0) is 24.6 Å². The Morgan fingerprint density at radius 2 is 1.70 bits per heavy atom. The van der Waals surface area contributed by atoms with E-state index in [1.54, 1.807) is 31.2 Å². The standard InChI is InChI=1S/C16H14F4N2O/c1-10(11-6-3-2-4-7-11)21-15(23)22-13-9-5-8-12(14(13)17)16(18,19)20/h2-10H,1H3,(H2,21,22,23)/t10-/m1/s1. The lowest BCUT2D eigenvalue weighted by Gasteiger charge is -2.16. The average molecular weight is 326 g/mol. The molecule has 0 unspecified atom stereocenters. The van der Waals surface area contributed by atoms with Crippen LogP contribution in [0.3, 0.4) is 0 Å². The Hall–Kier alpha value is -2.57. The van der Waals surface area contributed by atoms with E-state index >= 15 is 0 Å². The molecule has 7 heteroatoms. The molecule has 0 aliphatic heterocycles. The van der Waals surface area contributed by atoms with Crippen molar-refractivity contribution in [1.82, 2.24) is 5.32 Å². The molecule has 0 fully saturated rings. The van der Waals surface area contributed by atoms with Gasteiger partial charge in [-0.25, -0.2) is 9.18 Å². The first-order valence-corrected chi connectivity index (χ1v) is 6.77. The van der Waals surface area contributed by atoms with E-state index in [1.807, 2.05) is 6.07 Å². The number of anilines is 1. The normalized spacial score (nSPS) is 12.6. The number of nitrogens with one attached hydrogen (secondary N) is 2. The SMILES string of the molecule is C[C@@H](NC(=O)Nc1cccc(C(F)(F)F)c1F)c1ccccc1. The van der Waals surface area contributed by atoms with E-state index in [2.05, 4.69) is 10.6 Å². The summed E-state index contributed by atoms with van der Waals surface area (Å²) in [5, 5.41) is 4.63. The molecule has 122 valence electrons. The molecule has 2 aromatic carbocycles. The van der Waals surface area contributed by atoms with Crippen molar-refractivity contribution in [2.45, 2.75) is 19.1 Å². The molecule has 0 radical (unpaired) electrons. The van der Waals surface area contributed by atoms with Crippen LogP contribution in [-0.4, -0.2) is 6.03 Å². The van der Waals surface area contributed by atoms with Gasteiger partial charge in [-0.1, -0.05) is 36.4 Å². The molecule has 0 saturated heterocycles. The van der Waals surface area contributed by atoms with Crippen LogP contribution in [0.5, 0.6) is 0 Å². The Kier molecular flexibility index (Phi) is 4.88. The molecule has 0 spiro atoms. The van der Waals surface area contributed by atoms with Gasteiger partial charge in [0, 0.05) is 0 Å². The van der Waals surface area contributed by atoms with E-state index in [1.165, 1.54) is 0 Å². The molecule has 0 aliphatic rings. The highest BCUT2D eigenvalue weighted by molar-refractivity contribution is 5.89. The predicted octanol–water partition coefficient (Wildman–Crippen LogP) is 4.73. The van der Waals surface area contributed by atoms with Crippen molar-refractivity contribution in [3.63, 3.8) is 0 Å². The lowest BCUT2D eigenvalue weighted by molar-refractivity contribution is -0.139. The number of alkyl halides is 3. The van der Waals surface area contributed by atoms with Gasteiger partial charge in [-0.3, -0.25) is 0 Å². The van der Waals surface area contributed by atoms with Gasteiger partial charge in [-0.15, -0.1) is 0 Å². The van der Waals surface area contributed by atoms with Crippen LogP contribution < -0.4 is 10.6 Å². The summed E-state index contributed by atoms with van der Waals surface area (Å²) in [6.07, 6.45) is -4.82. The largest absolute Gasteiger partial charge is 0.419 e. The van der Waals surface area contributed by atoms with Crippen molar-refractivity contribution in [3.8, 4) is 0 Å². The van der Waals surface area contributed by atoms with Crippen molar-refractivity contribution < 1.29 is 22.4 Å². The second kappa shape index (κ2) is 6.68. The zero-order valence-corrected chi connectivity index (χ0v) is 12.1. The molecule has 2 amide bonds. The van der Waals surface area contributed by atoms with Crippen LogP contribution >= 0.6 is 0 Å². The zero-order chi connectivity index (χ0) is 17.0. The Bertz CT molecular complexity index is 686. The highest BCUT2D eigenvalue weighted by Gasteiger charge is 2.35. The maximum atomic E-state index is 13.8. The summed E-state index contributed by atoms with van der Waals surface area (Å²) in [4.78, 5) is 11.8. The predicted molar refractivity (Wildman–Crippen MR) is 78.4 cm³/mol. The first-order valence-electron chi connectivity index (χ1n) is 6.77. The minimum atomic E-state index is -4.82. The number of amides is 2. The Morgan fingerprint density at radius 3 is 2.30 bits per heavy atom. The number of halogens is 4. The Morgan fingerprint density at radius 1 is 1.04 bits per heavy atom. The summed E-state index contributed by atoms with van der Waals surface area (Å²) in [7, 11) is 0. The third kappa shape index (κ3) is 4.21. The molecule has 0 aromatic heterocycles. The van der Waals surface area contributed by atoms with E-state index in [4.69, 9.17) is 0 Å². The lowest BCUT2D eigenvalue weighted by atomic mass is 10.1. The van der Waals surface area contributed by atoms with Crippen LogP contribution in [-0.2, 0) is 6.18 Å². The monoisotopic (exact) mass is 326 g/mol. The van der Waals surface area contributed by atoms with E-state index in [0.29, 0.717) is 6.07 Å². The van der Waals surface area contributed by atoms with Crippen LogP contribution in [0.1, 0.15) is 24.1 Å². The van der Waals surface area contributed by atoms with Gasteiger partial charge in [0.05, 0.1) is 17.3 Å². The molecule has 2 N–H and O–H groups in total. The molecule has 2 rings (SSSR count). The van der Waals surface area contributed by atoms with Crippen LogP contribution in [0.15, 0.2) is 48.5 Å². The third-order valence-corrected chi connectivity index (χ3v) is 3.20. The van der Waals surface area contributed by atoms with Gasteiger partial charge in [0.1, 0.15) is 0 Å². The van der Waals surface area contributed by atoms with Crippen LogP contribution in [0, 0.1) is 5.82 Å². The summed E-state index contributed by atoms with van der Waals surface area (Å²) < 4.78 is 51.7. The number of hydrogen-bond acceptors (Lipinski definition) is 1. The molecule has 0 aliphatic carbocycles. The van der Waals surface area contributed by atoms with E-state index < -0.39 is 29.3 Å². The first kappa shape index (κ1) is 16.8. The molecule has 23 heavy (non-hydrogen) atoms. The highest BCUT2D eigenvalue weighted by atomic mass is 19.4. The number of hydrogen-bond donors (Lipinski definition) is 2. The van der Waals surface area contributed by atoms with E-state index in [-0.39, 0.29) is 6.04 Å². The van der Waals surface area contributed by atoms with E-state index in [9.17, 15) is 22.4 Å². The van der Waals surface area contributed by atoms with Gasteiger partial charge in [0.15, 0.2) is 5.82 Å². The van der Waals surface area contributed by atoms with Crippen molar-refractivity contribution in [2.75, 3.05) is 5.32 Å². The van der Waals surface area contributed by atoms with Gasteiger partial charge in [-0.2, -0.15) is 13.2 Å². The van der Waals surface area contributed by atoms with Gasteiger partial charge in [0.2, 0.25) is 0 Å². The fraction of sp³-hybridized carbons (Fsp3) is 0.188. The lowest BCUT2D eigenvalue weighted by Crippen LogP contribution is -2.31. The smallest absolute Gasteiger partial charge is 0.331 e. The molecular formula is C16H14F4N2O. The van der Waals surface area contributed by atoms with Crippen LogP contribution in [0.25, 0.3) is 0 Å². The molecule has 0 saturated carbocycles. The Balaban J connectivity index is 2.09. The minimum Gasteiger partial charge on any atom is -0.331 e. The first-order chi connectivity index (χ1) is 10.8. The van der Waals surface area contributed by atoms with Crippen LogP contribution in [0.2, 0.25) is 0 Å². The fourth-order valence-corrected chi connectivity index (χ4v) is 2.03. The number of urea groups is 1. The molecule has 0 bridgehead atoms. The molecule has 2 aromatic rings. The topological polar surface area (TPSA) is 41.1 Å². The summed E-state index contributed by atoms with van der Waals surface area (Å²) in [5.74, 6) is -1.51. The summed E-state index contributed by atoms with van der Waals surface area (Å²) in [6.45, 7) is 1.71. The van der Waals surface area contributed by atoms with E-state index in [0.717, 1.165) is 17.7 Å².